The molecule has 4 N–H and O–H groups in total. The van der Waals surface area contributed by atoms with Crippen molar-refractivity contribution in [2.45, 2.75) is 64.8 Å². The first-order valence-electron chi connectivity index (χ1n) is 17.0. The van der Waals surface area contributed by atoms with Crippen molar-refractivity contribution < 1.29 is 30.0 Å². The number of carboxylic acid groups (broad SMARTS) is 2. The van der Waals surface area contributed by atoms with Gasteiger partial charge in [0.1, 0.15) is 0 Å². The summed E-state index contributed by atoms with van der Waals surface area (Å²) in [6.07, 6.45) is -0.736. The SMILES string of the molecule is Cc1c(-c2cccc(-c3cccc(-c4ccc5c(c4C)CCN(CC(O)CC(=O)O)C5)c3Cl)c2Cl)ccc2c1CCN(CC(O)CC(=O)O)C2. The number of hydrogen-bond acceptors (Lipinski definition) is 6. The molecule has 2 aliphatic rings. The van der Waals surface area contributed by atoms with Gasteiger partial charge in [0.05, 0.1) is 35.1 Å². The summed E-state index contributed by atoms with van der Waals surface area (Å²) in [5, 5.41) is 39.6. The van der Waals surface area contributed by atoms with Crippen molar-refractivity contribution in [1.29, 1.82) is 0 Å². The second-order valence-electron chi connectivity index (χ2n) is 13.6. The fourth-order valence-corrected chi connectivity index (χ4v) is 8.38. The number of benzene rings is 4. The Morgan fingerprint density at radius 2 is 0.980 bits per heavy atom. The number of nitrogens with zero attached hydrogens (tertiary/aromatic N) is 2. The predicted octanol–water partition coefficient (Wildman–Crippen LogP) is 7.00. The molecule has 0 saturated heterocycles. The van der Waals surface area contributed by atoms with Gasteiger partial charge in [-0.25, -0.2) is 0 Å². The van der Waals surface area contributed by atoms with Gasteiger partial charge in [-0.05, 0) is 71.2 Å². The van der Waals surface area contributed by atoms with Gasteiger partial charge in [0, 0.05) is 61.5 Å². The van der Waals surface area contributed by atoms with Crippen LogP contribution < -0.4 is 0 Å². The lowest BCUT2D eigenvalue weighted by Gasteiger charge is -2.32. The average molecular weight is 718 g/mol. The number of fused-ring (bicyclic) bond motifs is 2. The van der Waals surface area contributed by atoms with Crippen molar-refractivity contribution >= 4 is 35.1 Å². The standard InChI is InChI=1S/C40H42Cl2N2O6/c1-23-29-13-15-43(21-27(45)17-37(47)48)19-25(29)9-11-31(23)33-5-3-7-35(39(33)41)36-8-4-6-34(40(36)42)32-12-10-26-20-44(16-14-30(26)24(32)2)22-28(46)18-38(49)50/h3-12,27-28,45-46H,13-22H2,1-2H3,(H,47,48)(H,49,50). The number of carboxylic acids is 2. The Bertz CT molecular complexity index is 1810. The second-order valence-corrected chi connectivity index (χ2v) is 14.3. The summed E-state index contributed by atoms with van der Waals surface area (Å²) in [7, 11) is 0. The number of carbonyl (C=O) groups is 2. The normalized spacial score (nSPS) is 16.0. The van der Waals surface area contributed by atoms with E-state index in [4.69, 9.17) is 33.4 Å². The fourth-order valence-electron chi connectivity index (χ4n) is 7.72. The predicted molar refractivity (Wildman–Crippen MR) is 197 cm³/mol. The Labute approximate surface area is 302 Å². The van der Waals surface area contributed by atoms with Crippen LogP contribution in [0.1, 0.15) is 46.2 Å². The highest BCUT2D eigenvalue weighted by molar-refractivity contribution is 6.39. The van der Waals surface area contributed by atoms with Gasteiger partial charge < -0.3 is 20.4 Å². The highest BCUT2D eigenvalue weighted by Gasteiger charge is 2.25. The van der Waals surface area contributed by atoms with E-state index in [1.807, 2.05) is 36.4 Å². The molecule has 50 heavy (non-hydrogen) atoms. The van der Waals surface area contributed by atoms with E-state index in [2.05, 4.69) is 47.9 Å². The van der Waals surface area contributed by atoms with Gasteiger partial charge in [-0.15, -0.1) is 0 Å². The number of halogens is 2. The fraction of sp³-hybridized carbons (Fsp3) is 0.350. The van der Waals surface area contributed by atoms with Gasteiger partial charge in [-0.2, -0.15) is 0 Å². The van der Waals surface area contributed by atoms with Crippen LogP contribution in [-0.2, 0) is 35.5 Å². The van der Waals surface area contributed by atoms with Crippen LogP contribution in [0.25, 0.3) is 33.4 Å². The molecule has 0 spiro atoms. The first-order valence-corrected chi connectivity index (χ1v) is 17.7. The molecule has 0 aliphatic carbocycles. The zero-order valence-corrected chi connectivity index (χ0v) is 29.8. The van der Waals surface area contributed by atoms with E-state index in [0.29, 0.717) is 36.2 Å². The lowest BCUT2D eigenvalue weighted by atomic mass is 9.87. The maximum absolute atomic E-state index is 11.0. The molecule has 2 unspecified atom stereocenters. The number of aliphatic hydroxyl groups is 2. The lowest BCUT2D eigenvalue weighted by Crippen LogP contribution is -2.37. The van der Waals surface area contributed by atoms with E-state index >= 15 is 0 Å². The summed E-state index contributed by atoms with van der Waals surface area (Å²) in [5.74, 6) is -2.00. The Kier molecular flexibility index (Phi) is 11.0. The molecular formula is C40H42Cl2N2O6. The van der Waals surface area contributed by atoms with Crippen LogP contribution in [0.2, 0.25) is 10.0 Å². The van der Waals surface area contributed by atoms with E-state index in [1.54, 1.807) is 0 Å². The maximum atomic E-state index is 11.0. The van der Waals surface area contributed by atoms with Crippen LogP contribution in [0, 0.1) is 13.8 Å². The molecule has 0 fully saturated rings. The maximum Gasteiger partial charge on any atom is 0.306 e. The smallest absolute Gasteiger partial charge is 0.306 e. The number of rotatable bonds is 11. The first-order chi connectivity index (χ1) is 23.9. The van der Waals surface area contributed by atoms with E-state index in [9.17, 15) is 19.8 Å². The van der Waals surface area contributed by atoms with Crippen LogP contribution in [0.3, 0.4) is 0 Å². The Hall–Kier alpha value is -3.76. The highest BCUT2D eigenvalue weighted by Crippen LogP contribution is 2.44. The van der Waals surface area contributed by atoms with Crippen molar-refractivity contribution in [2.75, 3.05) is 26.2 Å². The van der Waals surface area contributed by atoms with E-state index in [0.717, 1.165) is 70.4 Å². The monoisotopic (exact) mass is 716 g/mol. The van der Waals surface area contributed by atoms with E-state index in [-0.39, 0.29) is 12.8 Å². The lowest BCUT2D eigenvalue weighted by molar-refractivity contribution is -0.140. The van der Waals surface area contributed by atoms with Crippen LogP contribution >= 0.6 is 23.2 Å². The van der Waals surface area contributed by atoms with Crippen LogP contribution in [0.5, 0.6) is 0 Å². The van der Waals surface area contributed by atoms with E-state index in [1.165, 1.54) is 22.3 Å². The average Bonchev–Trinajstić information content (AvgIpc) is 3.05. The minimum atomic E-state index is -1.00. The molecule has 8 nitrogen and oxygen atoms in total. The molecule has 6 rings (SSSR count). The molecule has 0 aromatic heterocycles. The summed E-state index contributed by atoms with van der Waals surface area (Å²) in [6.45, 7) is 7.67. The van der Waals surface area contributed by atoms with Gasteiger partial charge in [-0.3, -0.25) is 19.4 Å². The number of aliphatic carboxylic acids is 2. The van der Waals surface area contributed by atoms with Gasteiger partial charge in [0.2, 0.25) is 0 Å². The minimum Gasteiger partial charge on any atom is -0.481 e. The number of β-amino-alcohol motifs (C(OH)–C–C–N with tert-alkyl or cyclic N) is 2. The van der Waals surface area contributed by atoms with Crippen molar-refractivity contribution in [2.24, 2.45) is 0 Å². The quantitative estimate of drug-likeness (QED) is 0.131. The van der Waals surface area contributed by atoms with Gasteiger partial charge in [0.25, 0.3) is 0 Å². The molecule has 0 amide bonds. The molecular weight excluding hydrogens is 675 g/mol. The van der Waals surface area contributed by atoms with Crippen molar-refractivity contribution in [3.63, 3.8) is 0 Å². The van der Waals surface area contributed by atoms with Gasteiger partial charge in [0.15, 0.2) is 0 Å². The summed E-state index contributed by atoms with van der Waals surface area (Å²) in [4.78, 5) is 26.2. The topological polar surface area (TPSA) is 122 Å². The Morgan fingerprint density at radius 1 is 0.620 bits per heavy atom. The molecule has 4 aromatic rings. The van der Waals surface area contributed by atoms with Crippen molar-refractivity contribution in [1.82, 2.24) is 9.80 Å². The number of aliphatic hydroxyl groups excluding tert-OH is 2. The highest BCUT2D eigenvalue weighted by atomic mass is 35.5. The molecule has 2 atom stereocenters. The molecule has 2 aliphatic heterocycles. The molecule has 0 bridgehead atoms. The summed E-state index contributed by atoms with van der Waals surface area (Å²) in [6, 6.07) is 20.5. The van der Waals surface area contributed by atoms with Crippen LogP contribution in [0.15, 0.2) is 60.7 Å². The molecule has 4 aromatic carbocycles. The van der Waals surface area contributed by atoms with Crippen molar-refractivity contribution in [3.05, 3.63) is 104 Å². The molecule has 0 saturated carbocycles. The third-order valence-electron chi connectivity index (χ3n) is 10.2. The van der Waals surface area contributed by atoms with Crippen LogP contribution in [0.4, 0.5) is 0 Å². The van der Waals surface area contributed by atoms with Gasteiger partial charge >= 0.3 is 11.9 Å². The third kappa shape index (κ3) is 7.61. The Balaban J connectivity index is 1.26. The van der Waals surface area contributed by atoms with Crippen LogP contribution in [-0.4, -0.2) is 80.6 Å². The van der Waals surface area contributed by atoms with E-state index < -0.39 is 24.1 Å². The zero-order chi connectivity index (χ0) is 35.7. The summed E-state index contributed by atoms with van der Waals surface area (Å²) >= 11 is 14.5. The Morgan fingerprint density at radius 3 is 1.34 bits per heavy atom. The van der Waals surface area contributed by atoms with Gasteiger partial charge in [-0.1, -0.05) is 83.9 Å². The number of hydrogen-bond donors (Lipinski definition) is 4. The minimum absolute atomic E-state index is 0.264. The molecule has 262 valence electrons. The molecule has 0 radical (unpaired) electrons. The first kappa shape index (κ1) is 36.0. The zero-order valence-electron chi connectivity index (χ0n) is 28.3. The second kappa shape index (κ2) is 15.2. The van der Waals surface area contributed by atoms with Crippen molar-refractivity contribution in [3.8, 4) is 33.4 Å². The third-order valence-corrected chi connectivity index (χ3v) is 11.0. The summed E-state index contributed by atoms with van der Waals surface area (Å²) in [5.41, 5.74) is 12.8. The largest absolute Gasteiger partial charge is 0.481 e. The molecule has 2 heterocycles. The summed E-state index contributed by atoms with van der Waals surface area (Å²) < 4.78 is 0. The molecule has 10 heteroatoms.